The van der Waals surface area contributed by atoms with Crippen LogP contribution in [0.1, 0.15) is 71.6 Å². The fourth-order valence-corrected chi connectivity index (χ4v) is 3.71. The Morgan fingerprint density at radius 1 is 1.12 bits per heavy atom. The monoisotopic (exact) mass is 237 g/mol. The minimum absolute atomic E-state index is 0.836. The van der Waals surface area contributed by atoms with Crippen LogP contribution in [0.2, 0.25) is 0 Å². The van der Waals surface area contributed by atoms with Crippen LogP contribution in [0.25, 0.3) is 0 Å². The van der Waals surface area contributed by atoms with E-state index in [0.717, 1.165) is 23.8 Å². The number of nitrogens with one attached hydrogen (secondary N) is 1. The van der Waals surface area contributed by atoms with Crippen LogP contribution in [-0.4, -0.2) is 12.6 Å². The van der Waals surface area contributed by atoms with E-state index in [-0.39, 0.29) is 0 Å². The molecule has 0 aromatic heterocycles. The van der Waals surface area contributed by atoms with Crippen molar-refractivity contribution in [2.24, 2.45) is 17.8 Å². The molecule has 0 aliphatic heterocycles. The Balaban J connectivity index is 1.83. The first-order valence-electron chi connectivity index (χ1n) is 8.03. The molecule has 2 saturated carbocycles. The minimum atomic E-state index is 0.836. The van der Waals surface area contributed by atoms with Crippen molar-refractivity contribution >= 4 is 0 Å². The van der Waals surface area contributed by atoms with Gasteiger partial charge in [-0.1, -0.05) is 46.0 Å². The second kappa shape index (κ2) is 6.78. The molecule has 17 heavy (non-hydrogen) atoms. The molecule has 3 atom stereocenters. The summed E-state index contributed by atoms with van der Waals surface area (Å²) in [6.45, 7) is 5.96. The van der Waals surface area contributed by atoms with E-state index in [1.165, 1.54) is 64.3 Å². The molecule has 0 aromatic carbocycles. The van der Waals surface area contributed by atoms with Crippen LogP contribution in [0.5, 0.6) is 0 Å². The summed E-state index contributed by atoms with van der Waals surface area (Å²) in [5, 5.41) is 3.86. The molecule has 0 bridgehead atoms. The molecule has 1 nitrogen and oxygen atoms in total. The van der Waals surface area contributed by atoms with Crippen molar-refractivity contribution in [3.05, 3.63) is 0 Å². The summed E-state index contributed by atoms with van der Waals surface area (Å²) in [5.74, 6) is 3.01. The van der Waals surface area contributed by atoms with Crippen molar-refractivity contribution in [2.75, 3.05) is 6.54 Å². The molecule has 2 aliphatic carbocycles. The second-order valence-corrected chi connectivity index (χ2v) is 6.63. The molecule has 0 spiro atoms. The van der Waals surface area contributed by atoms with Crippen LogP contribution in [0.4, 0.5) is 0 Å². The highest BCUT2D eigenvalue weighted by Gasteiger charge is 2.29. The lowest BCUT2D eigenvalue weighted by Gasteiger charge is -2.38. The molecule has 0 saturated heterocycles. The summed E-state index contributed by atoms with van der Waals surface area (Å²) >= 11 is 0. The summed E-state index contributed by atoms with van der Waals surface area (Å²) in [6.07, 6.45) is 13.2. The Kier molecular flexibility index (Phi) is 5.34. The lowest BCUT2D eigenvalue weighted by Crippen LogP contribution is -2.41. The van der Waals surface area contributed by atoms with Crippen molar-refractivity contribution in [3.63, 3.8) is 0 Å². The topological polar surface area (TPSA) is 12.0 Å². The van der Waals surface area contributed by atoms with Gasteiger partial charge in [-0.25, -0.2) is 0 Å². The summed E-state index contributed by atoms with van der Waals surface area (Å²) < 4.78 is 0. The lowest BCUT2D eigenvalue weighted by atomic mass is 9.73. The standard InChI is InChI=1S/C16H31N/c1-3-10-17-16(12-14-7-5-8-14)15-9-4-6-13(2)11-15/h13-17H,3-12H2,1-2H3. The molecule has 0 radical (unpaired) electrons. The summed E-state index contributed by atoms with van der Waals surface area (Å²) in [6, 6.07) is 0.836. The van der Waals surface area contributed by atoms with Gasteiger partial charge in [0.1, 0.15) is 0 Å². The smallest absolute Gasteiger partial charge is 0.00980 e. The fourth-order valence-electron chi connectivity index (χ4n) is 3.71. The Morgan fingerprint density at radius 2 is 1.88 bits per heavy atom. The maximum Gasteiger partial charge on any atom is 0.00980 e. The molecule has 100 valence electrons. The van der Waals surface area contributed by atoms with Gasteiger partial charge in [-0.05, 0) is 50.0 Å². The average Bonchev–Trinajstić information content (AvgIpc) is 2.27. The molecule has 3 unspecified atom stereocenters. The zero-order chi connectivity index (χ0) is 12.1. The van der Waals surface area contributed by atoms with Gasteiger partial charge in [-0.2, -0.15) is 0 Å². The number of rotatable bonds is 6. The fraction of sp³-hybridized carbons (Fsp3) is 1.00. The Labute approximate surface area is 108 Å². The van der Waals surface area contributed by atoms with Gasteiger partial charge in [0.15, 0.2) is 0 Å². The molecule has 2 fully saturated rings. The van der Waals surface area contributed by atoms with E-state index in [9.17, 15) is 0 Å². The molecule has 0 heterocycles. The van der Waals surface area contributed by atoms with Crippen LogP contribution in [0.3, 0.4) is 0 Å². The van der Waals surface area contributed by atoms with E-state index in [2.05, 4.69) is 19.2 Å². The highest BCUT2D eigenvalue weighted by molar-refractivity contribution is 4.85. The van der Waals surface area contributed by atoms with Crippen LogP contribution in [0, 0.1) is 17.8 Å². The summed E-state index contributed by atoms with van der Waals surface area (Å²) in [7, 11) is 0. The van der Waals surface area contributed by atoms with E-state index in [4.69, 9.17) is 0 Å². The summed E-state index contributed by atoms with van der Waals surface area (Å²) in [4.78, 5) is 0. The first-order valence-corrected chi connectivity index (χ1v) is 8.03. The second-order valence-electron chi connectivity index (χ2n) is 6.63. The average molecular weight is 237 g/mol. The lowest BCUT2D eigenvalue weighted by molar-refractivity contribution is 0.172. The van der Waals surface area contributed by atoms with Gasteiger partial charge in [0.2, 0.25) is 0 Å². The predicted octanol–water partition coefficient (Wildman–Crippen LogP) is 4.37. The number of hydrogen-bond donors (Lipinski definition) is 1. The van der Waals surface area contributed by atoms with Gasteiger partial charge in [0.25, 0.3) is 0 Å². The first kappa shape index (κ1) is 13.4. The molecule has 1 N–H and O–H groups in total. The highest BCUT2D eigenvalue weighted by Crippen LogP contribution is 2.37. The van der Waals surface area contributed by atoms with Gasteiger partial charge < -0.3 is 5.32 Å². The highest BCUT2D eigenvalue weighted by atomic mass is 14.9. The van der Waals surface area contributed by atoms with Gasteiger partial charge >= 0.3 is 0 Å². The van der Waals surface area contributed by atoms with E-state index in [1.54, 1.807) is 0 Å². The minimum Gasteiger partial charge on any atom is -0.314 e. The third-order valence-corrected chi connectivity index (χ3v) is 5.01. The van der Waals surface area contributed by atoms with Gasteiger partial charge in [0, 0.05) is 6.04 Å². The molecule has 2 aliphatic rings. The maximum absolute atomic E-state index is 3.86. The molecule has 0 aromatic rings. The molecular weight excluding hydrogens is 206 g/mol. The third kappa shape index (κ3) is 3.98. The molecule has 0 amide bonds. The van der Waals surface area contributed by atoms with E-state index in [1.807, 2.05) is 0 Å². The molecule has 1 heteroatoms. The first-order chi connectivity index (χ1) is 8.29. The normalized spacial score (nSPS) is 32.1. The largest absolute Gasteiger partial charge is 0.314 e. The Bertz CT molecular complexity index is 210. The van der Waals surface area contributed by atoms with Crippen molar-refractivity contribution < 1.29 is 0 Å². The van der Waals surface area contributed by atoms with Crippen LogP contribution in [-0.2, 0) is 0 Å². The van der Waals surface area contributed by atoms with Crippen molar-refractivity contribution in [1.29, 1.82) is 0 Å². The molecular formula is C16H31N. The van der Waals surface area contributed by atoms with Gasteiger partial charge in [0.05, 0.1) is 0 Å². The SMILES string of the molecule is CCCNC(CC1CCC1)C1CCCC(C)C1. The van der Waals surface area contributed by atoms with Crippen LogP contribution < -0.4 is 5.32 Å². The maximum atomic E-state index is 3.86. The van der Waals surface area contributed by atoms with E-state index in [0.29, 0.717) is 0 Å². The van der Waals surface area contributed by atoms with Crippen molar-refractivity contribution in [2.45, 2.75) is 77.7 Å². The summed E-state index contributed by atoms with van der Waals surface area (Å²) in [5.41, 5.74) is 0. The van der Waals surface area contributed by atoms with Gasteiger partial charge in [-0.15, -0.1) is 0 Å². The third-order valence-electron chi connectivity index (χ3n) is 5.01. The number of hydrogen-bond acceptors (Lipinski definition) is 1. The van der Waals surface area contributed by atoms with Crippen molar-refractivity contribution in [3.8, 4) is 0 Å². The van der Waals surface area contributed by atoms with E-state index >= 15 is 0 Å². The quantitative estimate of drug-likeness (QED) is 0.723. The van der Waals surface area contributed by atoms with Crippen LogP contribution >= 0.6 is 0 Å². The molecule has 2 rings (SSSR count). The Hall–Kier alpha value is -0.0400. The van der Waals surface area contributed by atoms with E-state index < -0.39 is 0 Å². The van der Waals surface area contributed by atoms with Crippen LogP contribution in [0.15, 0.2) is 0 Å². The van der Waals surface area contributed by atoms with Gasteiger partial charge in [-0.3, -0.25) is 0 Å². The van der Waals surface area contributed by atoms with Crippen molar-refractivity contribution in [1.82, 2.24) is 5.32 Å². The predicted molar refractivity (Wildman–Crippen MR) is 75.2 cm³/mol. The zero-order valence-electron chi connectivity index (χ0n) is 11.9. The Morgan fingerprint density at radius 3 is 2.47 bits per heavy atom. The zero-order valence-corrected chi connectivity index (χ0v) is 11.9.